The fourth-order valence-corrected chi connectivity index (χ4v) is 4.85. The molecule has 1 aliphatic heterocycles. The molecule has 8 heteroatoms. The highest BCUT2D eigenvalue weighted by Crippen LogP contribution is 2.32. The van der Waals surface area contributed by atoms with E-state index in [9.17, 15) is 4.79 Å². The van der Waals surface area contributed by atoms with Gasteiger partial charge in [0, 0.05) is 18.5 Å². The van der Waals surface area contributed by atoms with Crippen molar-refractivity contribution >= 4 is 39.9 Å². The monoisotopic (exact) mass is 459 g/mol. The van der Waals surface area contributed by atoms with E-state index < -0.39 is 0 Å². The predicted molar refractivity (Wildman–Crippen MR) is 132 cm³/mol. The van der Waals surface area contributed by atoms with E-state index in [1.807, 2.05) is 60.8 Å². The van der Waals surface area contributed by atoms with Gasteiger partial charge in [-0.3, -0.25) is 4.79 Å². The van der Waals surface area contributed by atoms with Crippen LogP contribution in [-0.4, -0.2) is 40.6 Å². The number of fused-ring (bicyclic) bond motifs is 1. The number of carbonyl (C=O) groups excluding carboxylic acids is 1. The maximum absolute atomic E-state index is 12.9. The van der Waals surface area contributed by atoms with E-state index in [0.29, 0.717) is 12.4 Å². The van der Waals surface area contributed by atoms with Gasteiger partial charge in [-0.25, -0.2) is 15.0 Å². The Hall–Kier alpha value is -3.52. The number of benzene rings is 2. The molecular formula is C25H25N5O2S. The first kappa shape index (κ1) is 21.3. The number of thiazole rings is 1. The van der Waals surface area contributed by atoms with Gasteiger partial charge in [-0.15, -0.1) is 11.3 Å². The van der Waals surface area contributed by atoms with E-state index in [1.165, 1.54) is 11.3 Å². The van der Waals surface area contributed by atoms with E-state index in [2.05, 4.69) is 15.2 Å². The molecule has 0 atom stereocenters. The lowest BCUT2D eigenvalue weighted by Gasteiger charge is -2.20. The van der Waals surface area contributed by atoms with Gasteiger partial charge in [-0.05, 0) is 44.0 Å². The van der Waals surface area contributed by atoms with Crippen molar-refractivity contribution in [1.82, 2.24) is 15.0 Å². The van der Waals surface area contributed by atoms with Gasteiger partial charge >= 0.3 is 0 Å². The second-order valence-electron chi connectivity index (χ2n) is 7.88. The lowest BCUT2D eigenvalue weighted by molar-refractivity contribution is -0.115. The summed E-state index contributed by atoms with van der Waals surface area (Å²) in [5.41, 5.74) is 3.25. The summed E-state index contributed by atoms with van der Waals surface area (Å²) in [7, 11) is 0. The third kappa shape index (κ3) is 4.66. The van der Waals surface area contributed by atoms with Crippen molar-refractivity contribution < 1.29 is 9.53 Å². The molecule has 1 saturated heterocycles. The Labute approximate surface area is 196 Å². The van der Waals surface area contributed by atoms with Gasteiger partial charge in [-0.1, -0.05) is 24.3 Å². The summed E-state index contributed by atoms with van der Waals surface area (Å²) < 4.78 is 5.73. The zero-order valence-electron chi connectivity index (χ0n) is 18.5. The maximum Gasteiger partial charge on any atom is 0.231 e. The van der Waals surface area contributed by atoms with Crippen molar-refractivity contribution in [3.8, 4) is 16.3 Å². The Kier molecular flexibility index (Phi) is 6.17. The highest BCUT2D eigenvalue weighted by Gasteiger charge is 2.21. The molecule has 0 aliphatic carbocycles. The van der Waals surface area contributed by atoms with Gasteiger partial charge in [-0.2, -0.15) is 0 Å². The Morgan fingerprint density at radius 1 is 1.03 bits per heavy atom. The van der Waals surface area contributed by atoms with E-state index in [0.717, 1.165) is 64.8 Å². The van der Waals surface area contributed by atoms with E-state index in [4.69, 9.17) is 14.7 Å². The first-order valence-corrected chi connectivity index (χ1v) is 12.1. The van der Waals surface area contributed by atoms with Crippen LogP contribution in [0, 0.1) is 0 Å². The number of aromatic nitrogens is 3. The van der Waals surface area contributed by atoms with Gasteiger partial charge in [0.05, 0.1) is 35.3 Å². The molecule has 168 valence electrons. The van der Waals surface area contributed by atoms with Crippen molar-refractivity contribution in [3.05, 3.63) is 59.6 Å². The van der Waals surface area contributed by atoms with Crippen molar-refractivity contribution in [2.24, 2.45) is 0 Å². The number of para-hydroxylation sites is 3. The van der Waals surface area contributed by atoms with E-state index in [1.54, 1.807) is 0 Å². The minimum Gasteiger partial charge on any atom is -0.493 e. The van der Waals surface area contributed by atoms with E-state index in [-0.39, 0.29) is 12.3 Å². The molecule has 0 radical (unpaired) electrons. The molecule has 33 heavy (non-hydrogen) atoms. The number of carbonyl (C=O) groups is 1. The third-order valence-corrected chi connectivity index (χ3v) is 6.45. The van der Waals surface area contributed by atoms with Crippen LogP contribution in [-0.2, 0) is 11.2 Å². The largest absolute Gasteiger partial charge is 0.493 e. The fraction of sp³-hybridized carbons (Fsp3) is 0.280. The molecule has 1 N–H and O–H groups in total. The maximum atomic E-state index is 12.9. The number of rotatable bonds is 7. The Bertz CT molecular complexity index is 1280. The van der Waals surface area contributed by atoms with Gasteiger partial charge in [0.1, 0.15) is 10.8 Å². The highest BCUT2D eigenvalue weighted by atomic mass is 32.1. The molecule has 0 bridgehead atoms. The highest BCUT2D eigenvalue weighted by molar-refractivity contribution is 7.13. The molecule has 2 aromatic carbocycles. The lowest BCUT2D eigenvalue weighted by Crippen LogP contribution is -2.24. The summed E-state index contributed by atoms with van der Waals surface area (Å²) >= 11 is 1.51. The SMILES string of the molecule is CCOc1ccccc1-c1nc(CC(=O)Nc2nc3ccccc3nc2N2CCCC2)cs1. The minimum absolute atomic E-state index is 0.157. The zero-order valence-corrected chi connectivity index (χ0v) is 19.3. The summed E-state index contributed by atoms with van der Waals surface area (Å²) in [6.07, 6.45) is 2.40. The molecule has 7 nitrogen and oxygen atoms in total. The van der Waals surface area contributed by atoms with Crippen LogP contribution in [0.25, 0.3) is 21.6 Å². The van der Waals surface area contributed by atoms with Crippen LogP contribution < -0.4 is 15.0 Å². The third-order valence-electron chi connectivity index (χ3n) is 5.53. The predicted octanol–water partition coefficient (Wildman–Crippen LogP) is 4.93. The number of ether oxygens (including phenoxy) is 1. The number of hydrogen-bond donors (Lipinski definition) is 1. The van der Waals surface area contributed by atoms with Crippen LogP contribution in [0.1, 0.15) is 25.5 Å². The summed E-state index contributed by atoms with van der Waals surface area (Å²) in [6.45, 7) is 4.39. The molecule has 0 saturated carbocycles. The topological polar surface area (TPSA) is 80.2 Å². The van der Waals surface area contributed by atoms with Crippen LogP contribution in [0.4, 0.5) is 11.6 Å². The average Bonchev–Trinajstić information content (AvgIpc) is 3.52. The summed E-state index contributed by atoms with van der Waals surface area (Å²) in [5.74, 6) is 1.89. The Balaban J connectivity index is 1.36. The summed E-state index contributed by atoms with van der Waals surface area (Å²) in [4.78, 5) is 29.3. The van der Waals surface area contributed by atoms with Crippen LogP contribution in [0.3, 0.4) is 0 Å². The lowest BCUT2D eigenvalue weighted by atomic mass is 10.2. The molecule has 0 spiro atoms. The van der Waals surface area contributed by atoms with Gasteiger partial charge in [0.15, 0.2) is 11.6 Å². The zero-order chi connectivity index (χ0) is 22.6. The number of nitrogens with one attached hydrogen (secondary N) is 1. The molecule has 1 amide bonds. The van der Waals surface area contributed by atoms with Crippen molar-refractivity contribution in [2.75, 3.05) is 29.9 Å². The normalized spacial score (nSPS) is 13.4. The standard InChI is InChI=1S/C25H25N5O2S/c1-2-32-21-12-6-3-9-18(21)25-26-17(16-33-25)15-22(31)29-23-24(30-13-7-8-14-30)28-20-11-5-4-10-19(20)27-23/h3-6,9-12,16H,2,7-8,13-15H2,1H3,(H,27,29,31). The molecule has 5 rings (SSSR count). The molecule has 1 aliphatic rings. The minimum atomic E-state index is -0.157. The van der Waals surface area contributed by atoms with Gasteiger partial charge in [0.25, 0.3) is 0 Å². The van der Waals surface area contributed by atoms with E-state index >= 15 is 0 Å². The molecule has 3 heterocycles. The molecule has 0 unspecified atom stereocenters. The Morgan fingerprint density at radius 3 is 2.55 bits per heavy atom. The van der Waals surface area contributed by atoms with Crippen molar-refractivity contribution in [2.45, 2.75) is 26.2 Å². The second-order valence-corrected chi connectivity index (χ2v) is 8.73. The molecule has 2 aromatic heterocycles. The smallest absolute Gasteiger partial charge is 0.231 e. The first-order valence-electron chi connectivity index (χ1n) is 11.2. The van der Waals surface area contributed by atoms with Crippen LogP contribution in [0.2, 0.25) is 0 Å². The quantitative estimate of drug-likeness (QED) is 0.422. The van der Waals surface area contributed by atoms with Crippen molar-refractivity contribution in [3.63, 3.8) is 0 Å². The fourth-order valence-electron chi connectivity index (χ4n) is 4.00. The molecule has 1 fully saturated rings. The number of amides is 1. The molecular weight excluding hydrogens is 434 g/mol. The van der Waals surface area contributed by atoms with Gasteiger partial charge in [0.2, 0.25) is 5.91 Å². The number of anilines is 2. The number of hydrogen-bond acceptors (Lipinski definition) is 7. The van der Waals surface area contributed by atoms with Crippen LogP contribution >= 0.6 is 11.3 Å². The average molecular weight is 460 g/mol. The summed E-state index contributed by atoms with van der Waals surface area (Å²) in [6, 6.07) is 15.6. The van der Waals surface area contributed by atoms with Crippen LogP contribution in [0.5, 0.6) is 5.75 Å². The van der Waals surface area contributed by atoms with Crippen molar-refractivity contribution in [1.29, 1.82) is 0 Å². The van der Waals surface area contributed by atoms with Gasteiger partial charge < -0.3 is 15.0 Å². The second kappa shape index (κ2) is 9.54. The van der Waals surface area contributed by atoms with Crippen LogP contribution in [0.15, 0.2) is 53.9 Å². The Morgan fingerprint density at radius 2 is 1.76 bits per heavy atom. The number of nitrogens with zero attached hydrogens (tertiary/aromatic N) is 4. The first-order chi connectivity index (χ1) is 16.2. The molecule has 4 aromatic rings. The summed E-state index contributed by atoms with van der Waals surface area (Å²) in [5, 5.41) is 5.75.